The fourth-order valence-corrected chi connectivity index (χ4v) is 6.12. The number of benzene rings is 1. The first-order chi connectivity index (χ1) is 21.2. The molecule has 0 heterocycles. The van der Waals surface area contributed by atoms with Gasteiger partial charge in [-0.1, -0.05) is 146 Å². The summed E-state index contributed by atoms with van der Waals surface area (Å²) < 4.78 is 29.9. The first-order valence-electron chi connectivity index (χ1n) is 18.0. The van der Waals surface area contributed by atoms with Crippen molar-refractivity contribution in [3.8, 4) is 0 Å². The molecule has 0 aromatic heterocycles. The number of nitrogens with zero attached hydrogens (tertiary/aromatic N) is 1. The number of nitrogens with one attached hydrogen (secondary N) is 1. The van der Waals surface area contributed by atoms with E-state index in [0.29, 0.717) is 24.2 Å². The van der Waals surface area contributed by atoms with E-state index in [9.17, 15) is 9.46 Å². The zero-order chi connectivity index (χ0) is 32.2. The second-order valence-corrected chi connectivity index (χ2v) is 15.0. The van der Waals surface area contributed by atoms with E-state index in [4.69, 9.17) is 13.8 Å². The smallest absolute Gasteiger partial charge is 0.379 e. The van der Waals surface area contributed by atoms with Crippen molar-refractivity contribution in [3.63, 3.8) is 0 Å². The van der Waals surface area contributed by atoms with Crippen LogP contribution in [0.1, 0.15) is 128 Å². The molecule has 1 aromatic rings. The normalized spacial score (nSPS) is 14.1. The fourth-order valence-electron chi connectivity index (χ4n) is 5.24. The lowest BCUT2D eigenvalue weighted by molar-refractivity contribution is -0.870. The lowest BCUT2D eigenvalue weighted by atomic mass is 10.0. The number of phosphoric ester groups is 1. The molecule has 0 fully saturated rings. The van der Waals surface area contributed by atoms with Crippen molar-refractivity contribution in [2.75, 3.05) is 60.6 Å². The Morgan fingerprint density at radius 2 is 1.25 bits per heavy atom. The Balaban J connectivity index is 2.11. The Bertz CT molecular complexity index is 805. The average Bonchev–Trinajstić information content (AvgIpc) is 2.97. The van der Waals surface area contributed by atoms with Gasteiger partial charge < -0.3 is 19.4 Å². The van der Waals surface area contributed by atoms with Crippen LogP contribution in [-0.4, -0.2) is 76.1 Å². The highest BCUT2D eigenvalue weighted by atomic mass is 31.2. The maximum atomic E-state index is 12.6. The van der Waals surface area contributed by atoms with Gasteiger partial charge in [-0.25, -0.2) is 4.57 Å². The first-order valence-corrected chi connectivity index (χ1v) is 19.5. The molecule has 0 spiro atoms. The summed E-state index contributed by atoms with van der Waals surface area (Å²) in [5.41, 5.74) is 1.25. The maximum Gasteiger partial charge on any atom is 0.472 e. The third kappa shape index (κ3) is 27.5. The Morgan fingerprint density at radius 3 is 1.75 bits per heavy atom. The molecule has 44 heavy (non-hydrogen) atoms. The highest BCUT2D eigenvalue weighted by Gasteiger charge is 2.27. The highest BCUT2D eigenvalue weighted by molar-refractivity contribution is 7.47. The van der Waals surface area contributed by atoms with E-state index in [0.717, 1.165) is 25.8 Å². The monoisotopic (exact) mass is 642 g/mol. The van der Waals surface area contributed by atoms with Crippen molar-refractivity contribution in [2.45, 2.75) is 135 Å². The average molecular weight is 642 g/mol. The minimum atomic E-state index is -4.17. The van der Waals surface area contributed by atoms with Crippen molar-refractivity contribution in [1.29, 1.82) is 0 Å². The molecule has 2 unspecified atom stereocenters. The Hall–Kier alpha value is -0.790. The van der Waals surface area contributed by atoms with Crippen LogP contribution < -0.4 is 5.32 Å². The number of rotatable bonds is 32. The van der Waals surface area contributed by atoms with Crippen molar-refractivity contribution in [1.82, 2.24) is 5.32 Å². The summed E-state index contributed by atoms with van der Waals surface area (Å²) in [6.07, 6.45) is 24.7. The molecule has 0 saturated heterocycles. The van der Waals surface area contributed by atoms with E-state index < -0.39 is 13.9 Å². The van der Waals surface area contributed by atoms with Crippen LogP contribution in [-0.2, 0) is 24.8 Å². The van der Waals surface area contributed by atoms with Crippen LogP contribution in [0.5, 0.6) is 0 Å². The summed E-state index contributed by atoms with van der Waals surface area (Å²) in [5.74, 6) is 0. The van der Waals surface area contributed by atoms with E-state index in [2.05, 4.69) is 24.4 Å². The Morgan fingerprint density at radius 1 is 0.750 bits per heavy atom. The quantitative estimate of drug-likeness (QED) is 0.0464. The number of quaternary nitrogens is 1. The molecule has 0 saturated carbocycles. The maximum absolute atomic E-state index is 12.6. The first kappa shape index (κ1) is 41.2. The zero-order valence-corrected chi connectivity index (χ0v) is 30.0. The minimum Gasteiger partial charge on any atom is -0.379 e. The van der Waals surface area contributed by atoms with Crippen LogP contribution in [0, 0.1) is 0 Å². The molecular formula is C36H70N2O5P+. The van der Waals surface area contributed by atoms with Crippen LogP contribution in [0.25, 0.3) is 0 Å². The zero-order valence-electron chi connectivity index (χ0n) is 29.1. The summed E-state index contributed by atoms with van der Waals surface area (Å²) in [6.45, 7) is 5.14. The topological polar surface area (TPSA) is 77.0 Å². The van der Waals surface area contributed by atoms with Gasteiger partial charge in [0.25, 0.3) is 0 Å². The van der Waals surface area contributed by atoms with E-state index >= 15 is 0 Å². The number of unbranched alkanes of at least 4 members (excludes halogenated alkanes) is 17. The van der Waals surface area contributed by atoms with Gasteiger partial charge in [0.2, 0.25) is 0 Å². The largest absolute Gasteiger partial charge is 0.472 e. The highest BCUT2D eigenvalue weighted by Crippen LogP contribution is 2.44. The van der Waals surface area contributed by atoms with Gasteiger partial charge in [-0.2, -0.15) is 0 Å². The Labute approximate surface area is 272 Å². The second-order valence-electron chi connectivity index (χ2n) is 13.6. The predicted octanol–water partition coefficient (Wildman–Crippen LogP) is 9.09. The number of likely N-dealkylation sites (N-methyl/N-ethyl adjacent to an activating group) is 1. The SMILES string of the molecule is CCCCCCCCCCCCCCCCCCCCOCC(CNCCc1ccccc1)OP(=O)(O)OCC[N+](C)(C)C. The van der Waals surface area contributed by atoms with Gasteiger partial charge in [0.15, 0.2) is 0 Å². The van der Waals surface area contributed by atoms with Gasteiger partial charge in [-0.05, 0) is 24.9 Å². The molecule has 0 aliphatic rings. The summed E-state index contributed by atoms with van der Waals surface area (Å²) in [6, 6.07) is 10.3. The van der Waals surface area contributed by atoms with Gasteiger partial charge in [-0.15, -0.1) is 0 Å². The third-order valence-electron chi connectivity index (χ3n) is 8.05. The minimum absolute atomic E-state index is 0.158. The number of ether oxygens (including phenoxy) is 1. The number of phosphoric acid groups is 1. The number of hydrogen-bond acceptors (Lipinski definition) is 5. The lowest BCUT2D eigenvalue weighted by Gasteiger charge is -2.25. The van der Waals surface area contributed by atoms with Crippen LogP contribution in [0.3, 0.4) is 0 Å². The molecule has 0 aliphatic heterocycles. The second kappa shape index (κ2) is 27.3. The molecule has 0 amide bonds. The molecule has 0 radical (unpaired) electrons. The van der Waals surface area contributed by atoms with Crippen molar-refractivity contribution in [3.05, 3.63) is 35.9 Å². The molecule has 0 aliphatic carbocycles. The van der Waals surface area contributed by atoms with Gasteiger partial charge in [0.1, 0.15) is 19.3 Å². The lowest BCUT2D eigenvalue weighted by Crippen LogP contribution is -2.37. The summed E-state index contributed by atoms with van der Waals surface area (Å²) in [7, 11) is 1.87. The molecular weight excluding hydrogens is 571 g/mol. The summed E-state index contributed by atoms with van der Waals surface area (Å²) in [5, 5.41) is 3.35. The summed E-state index contributed by atoms with van der Waals surface area (Å²) >= 11 is 0. The standard InChI is InChI=1S/C36H69N2O5P/c1-5-6-7-8-9-10-11-12-13-14-15-16-17-18-19-20-21-25-31-41-34-36(33-37-29-28-35-26-23-22-24-27-35)43-44(39,40)42-32-30-38(2,3)4/h22-24,26-27,36-37H,5-21,25,28-34H2,1-4H3/p+1. The van der Waals surface area contributed by atoms with Crippen LogP contribution in [0.15, 0.2) is 30.3 Å². The predicted molar refractivity (Wildman–Crippen MR) is 186 cm³/mol. The van der Waals surface area contributed by atoms with Crippen molar-refractivity contribution >= 4 is 7.82 Å². The molecule has 2 N–H and O–H groups in total. The fraction of sp³-hybridized carbons (Fsp3) is 0.833. The van der Waals surface area contributed by atoms with Crippen LogP contribution in [0.2, 0.25) is 0 Å². The van der Waals surface area contributed by atoms with Gasteiger partial charge in [0.05, 0.1) is 27.7 Å². The molecule has 1 aromatic carbocycles. The third-order valence-corrected chi connectivity index (χ3v) is 9.12. The van der Waals surface area contributed by atoms with Gasteiger partial charge in [-0.3, -0.25) is 9.05 Å². The van der Waals surface area contributed by atoms with Crippen LogP contribution in [0.4, 0.5) is 0 Å². The molecule has 0 bridgehead atoms. The van der Waals surface area contributed by atoms with E-state index in [1.54, 1.807) is 0 Å². The van der Waals surface area contributed by atoms with E-state index in [-0.39, 0.29) is 13.2 Å². The van der Waals surface area contributed by atoms with Crippen molar-refractivity contribution < 1.29 is 27.7 Å². The van der Waals surface area contributed by atoms with E-state index in [1.807, 2.05) is 39.3 Å². The van der Waals surface area contributed by atoms with E-state index in [1.165, 1.54) is 108 Å². The van der Waals surface area contributed by atoms with Crippen LogP contribution >= 0.6 is 7.82 Å². The Kier molecular flexibility index (Phi) is 25.6. The van der Waals surface area contributed by atoms with Gasteiger partial charge in [0, 0.05) is 13.2 Å². The molecule has 8 heteroatoms. The number of hydrogen-bond donors (Lipinski definition) is 2. The molecule has 2 atom stereocenters. The molecule has 7 nitrogen and oxygen atoms in total. The van der Waals surface area contributed by atoms with Crippen molar-refractivity contribution in [2.24, 2.45) is 0 Å². The molecule has 1 rings (SSSR count). The molecule has 258 valence electrons. The summed E-state index contributed by atoms with van der Waals surface area (Å²) in [4.78, 5) is 10.3. The van der Waals surface area contributed by atoms with Gasteiger partial charge >= 0.3 is 7.82 Å².